The van der Waals surface area contributed by atoms with Crippen molar-refractivity contribution in [2.75, 3.05) is 5.32 Å². The number of ether oxygens (including phenoxy) is 1. The Bertz CT molecular complexity index is 1140. The van der Waals surface area contributed by atoms with E-state index in [4.69, 9.17) is 9.15 Å². The molecule has 0 bridgehead atoms. The maximum atomic E-state index is 13.6. The lowest BCUT2D eigenvalue weighted by Gasteiger charge is -2.13. The van der Waals surface area contributed by atoms with Crippen LogP contribution in [0.25, 0.3) is 11.5 Å². The molecular formula is C20H17F2N3O5. The van der Waals surface area contributed by atoms with Crippen molar-refractivity contribution < 1.29 is 27.5 Å². The van der Waals surface area contributed by atoms with Gasteiger partial charge in [-0.15, -0.1) is 5.10 Å². The number of nitrogens with zero attached hydrogens (tertiary/aromatic N) is 2. The molecule has 1 amide bonds. The molecule has 0 saturated carbocycles. The van der Waals surface area contributed by atoms with E-state index in [-0.39, 0.29) is 11.6 Å². The number of esters is 1. The zero-order valence-corrected chi connectivity index (χ0v) is 16.0. The summed E-state index contributed by atoms with van der Waals surface area (Å²) in [5, 5.41) is 6.29. The van der Waals surface area contributed by atoms with Gasteiger partial charge < -0.3 is 14.5 Å². The molecule has 2 aromatic carbocycles. The summed E-state index contributed by atoms with van der Waals surface area (Å²) in [5.74, 6) is -3.55. The maximum absolute atomic E-state index is 13.6. The SMILES string of the molecule is Cc1ccc(NC(=O)C(C)OC(=O)Cn2nc(-c3ccc(F)cc3)oc2=O)cc1F. The van der Waals surface area contributed by atoms with Gasteiger partial charge in [0.1, 0.15) is 18.2 Å². The Morgan fingerprint density at radius 3 is 2.57 bits per heavy atom. The van der Waals surface area contributed by atoms with Crippen LogP contribution in [0.2, 0.25) is 0 Å². The fourth-order valence-electron chi connectivity index (χ4n) is 2.44. The van der Waals surface area contributed by atoms with Crippen LogP contribution in [0, 0.1) is 18.6 Å². The van der Waals surface area contributed by atoms with Crippen LogP contribution in [0.15, 0.2) is 51.7 Å². The van der Waals surface area contributed by atoms with Crippen LogP contribution in [0.4, 0.5) is 14.5 Å². The highest BCUT2D eigenvalue weighted by atomic mass is 19.1. The normalized spacial score (nSPS) is 11.7. The molecule has 1 heterocycles. The van der Waals surface area contributed by atoms with E-state index in [1.165, 1.54) is 43.3 Å². The lowest BCUT2D eigenvalue weighted by atomic mass is 10.2. The smallest absolute Gasteiger partial charge is 0.437 e. The van der Waals surface area contributed by atoms with E-state index in [1.807, 2.05) is 0 Å². The molecule has 0 aliphatic rings. The summed E-state index contributed by atoms with van der Waals surface area (Å²) in [6.45, 7) is 2.31. The summed E-state index contributed by atoms with van der Waals surface area (Å²) in [5.41, 5.74) is 0.979. The molecule has 3 aromatic rings. The summed E-state index contributed by atoms with van der Waals surface area (Å²) in [7, 11) is 0. The molecule has 10 heteroatoms. The largest absolute Gasteiger partial charge is 0.451 e. The van der Waals surface area contributed by atoms with Gasteiger partial charge in [0.2, 0.25) is 5.89 Å². The first-order valence-corrected chi connectivity index (χ1v) is 8.83. The number of anilines is 1. The van der Waals surface area contributed by atoms with Crippen molar-refractivity contribution in [3.63, 3.8) is 0 Å². The zero-order valence-electron chi connectivity index (χ0n) is 16.0. The van der Waals surface area contributed by atoms with Gasteiger partial charge in [0.05, 0.1) is 0 Å². The van der Waals surface area contributed by atoms with Gasteiger partial charge in [-0.2, -0.15) is 4.68 Å². The maximum Gasteiger partial charge on any atom is 0.437 e. The number of benzene rings is 2. The Kier molecular flexibility index (Phi) is 6.05. The molecule has 0 aliphatic carbocycles. The number of hydrogen-bond donors (Lipinski definition) is 1. The molecular weight excluding hydrogens is 400 g/mol. The lowest BCUT2D eigenvalue weighted by Crippen LogP contribution is -2.32. The van der Waals surface area contributed by atoms with E-state index in [1.54, 1.807) is 6.92 Å². The second kappa shape index (κ2) is 8.68. The minimum absolute atomic E-state index is 0.0972. The molecule has 8 nitrogen and oxygen atoms in total. The first-order chi connectivity index (χ1) is 14.2. The molecule has 0 radical (unpaired) electrons. The number of nitrogens with one attached hydrogen (secondary N) is 1. The summed E-state index contributed by atoms with van der Waals surface area (Å²) in [6.07, 6.45) is -1.21. The van der Waals surface area contributed by atoms with Gasteiger partial charge in [-0.25, -0.2) is 13.6 Å². The predicted molar refractivity (Wildman–Crippen MR) is 101 cm³/mol. The first-order valence-electron chi connectivity index (χ1n) is 8.83. The van der Waals surface area contributed by atoms with Crippen LogP contribution >= 0.6 is 0 Å². The van der Waals surface area contributed by atoms with Crippen LogP contribution in [0.3, 0.4) is 0 Å². The van der Waals surface area contributed by atoms with Crippen molar-refractivity contribution in [2.45, 2.75) is 26.5 Å². The Labute approximate surface area is 169 Å². The van der Waals surface area contributed by atoms with Crippen molar-refractivity contribution >= 4 is 17.6 Å². The average Bonchev–Trinajstić information content (AvgIpc) is 3.05. The molecule has 1 aromatic heterocycles. The Balaban J connectivity index is 1.60. The van der Waals surface area contributed by atoms with Gasteiger partial charge in [0.25, 0.3) is 5.91 Å². The average molecular weight is 417 g/mol. The molecule has 0 spiro atoms. The number of amides is 1. The Morgan fingerprint density at radius 1 is 1.20 bits per heavy atom. The summed E-state index contributed by atoms with van der Waals surface area (Å²) >= 11 is 0. The van der Waals surface area contributed by atoms with E-state index < -0.39 is 41.9 Å². The van der Waals surface area contributed by atoms with Gasteiger partial charge in [-0.3, -0.25) is 9.59 Å². The number of carbonyl (C=O) groups excluding carboxylic acids is 2. The summed E-state index contributed by atoms with van der Waals surface area (Å²) < 4.78 is 37.2. The summed E-state index contributed by atoms with van der Waals surface area (Å²) in [4.78, 5) is 36.1. The molecule has 1 N–H and O–H groups in total. The quantitative estimate of drug-likeness (QED) is 0.619. The molecule has 1 unspecified atom stereocenters. The second-order valence-corrected chi connectivity index (χ2v) is 6.42. The summed E-state index contributed by atoms with van der Waals surface area (Å²) in [6, 6.07) is 9.22. The highest BCUT2D eigenvalue weighted by molar-refractivity contribution is 5.95. The van der Waals surface area contributed by atoms with Gasteiger partial charge in [-0.05, 0) is 55.8 Å². The third-order valence-corrected chi connectivity index (χ3v) is 4.09. The third kappa shape index (κ3) is 4.96. The van der Waals surface area contributed by atoms with E-state index >= 15 is 0 Å². The highest BCUT2D eigenvalue weighted by Gasteiger charge is 2.20. The molecule has 0 fully saturated rings. The van der Waals surface area contributed by atoms with Gasteiger partial charge >= 0.3 is 11.7 Å². The topological polar surface area (TPSA) is 103 Å². The van der Waals surface area contributed by atoms with Crippen molar-refractivity contribution in [1.29, 1.82) is 0 Å². The van der Waals surface area contributed by atoms with Crippen LogP contribution < -0.4 is 11.1 Å². The number of aromatic nitrogens is 2. The monoisotopic (exact) mass is 417 g/mol. The number of carbonyl (C=O) groups is 2. The van der Waals surface area contributed by atoms with E-state index in [0.717, 1.165) is 10.7 Å². The number of aryl methyl sites for hydroxylation is 1. The second-order valence-electron chi connectivity index (χ2n) is 6.42. The lowest BCUT2D eigenvalue weighted by molar-refractivity contribution is -0.154. The van der Waals surface area contributed by atoms with Gasteiger partial charge in [0.15, 0.2) is 6.10 Å². The predicted octanol–water partition coefficient (Wildman–Crippen LogP) is 2.66. The van der Waals surface area contributed by atoms with E-state index in [0.29, 0.717) is 11.1 Å². The van der Waals surface area contributed by atoms with Crippen molar-refractivity contribution in [1.82, 2.24) is 9.78 Å². The number of rotatable bonds is 6. The number of halogens is 2. The van der Waals surface area contributed by atoms with Crippen LogP contribution in [-0.4, -0.2) is 27.8 Å². The van der Waals surface area contributed by atoms with Crippen molar-refractivity contribution in [3.05, 3.63) is 70.2 Å². The molecule has 30 heavy (non-hydrogen) atoms. The zero-order chi connectivity index (χ0) is 21.8. The first kappa shape index (κ1) is 20.9. The number of hydrogen-bond acceptors (Lipinski definition) is 6. The Hall–Kier alpha value is -3.82. The standard InChI is InChI=1S/C20H17F2N3O5/c1-11-3-8-15(9-16(11)22)23-18(27)12(2)29-17(26)10-25-20(28)30-19(24-25)13-4-6-14(21)7-5-13/h3-9,12H,10H2,1-2H3,(H,23,27). The fraction of sp³-hybridized carbons (Fsp3) is 0.200. The molecule has 0 aliphatic heterocycles. The van der Waals surface area contributed by atoms with Crippen molar-refractivity contribution in [3.8, 4) is 11.5 Å². The van der Waals surface area contributed by atoms with Crippen LogP contribution in [0.5, 0.6) is 0 Å². The van der Waals surface area contributed by atoms with Gasteiger partial charge in [-0.1, -0.05) is 6.07 Å². The fourth-order valence-corrected chi connectivity index (χ4v) is 2.44. The molecule has 1 atom stereocenters. The van der Waals surface area contributed by atoms with Gasteiger partial charge in [0, 0.05) is 11.3 Å². The van der Waals surface area contributed by atoms with E-state index in [2.05, 4.69) is 10.4 Å². The Morgan fingerprint density at radius 2 is 1.90 bits per heavy atom. The minimum atomic E-state index is -1.21. The molecule has 156 valence electrons. The third-order valence-electron chi connectivity index (χ3n) is 4.09. The van der Waals surface area contributed by atoms with E-state index in [9.17, 15) is 23.2 Å². The van der Waals surface area contributed by atoms with Crippen LogP contribution in [0.1, 0.15) is 12.5 Å². The highest BCUT2D eigenvalue weighted by Crippen LogP contribution is 2.16. The molecule has 0 saturated heterocycles. The molecule has 3 rings (SSSR count). The minimum Gasteiger partial charge on any atom is -0.451 e. The van der Waals surface area contributed by atoms with Crippen molar-refractivity contribution in [2.24, 2.45) is 0 Å². The van der Waals surface area contributed by atoms with Crippen LogP contribution in [-0.2, 0) is 20.9 Å².